The number of aliphatic hydroxyl groups is 1. The first-order chi connectivity index (χ1) is 9.76. The molecule has 0 radical (unpaired) electrons. The molecule has 1 aliphatic rings. The van der Waals surface area contributed by atoms with E-state index in [0.717, 1.165) is 30.6 Å². The minimum atomic E-state index is -0.773. The lowest BCUT2D eigenvalue weighted by Gasteiger charge is -2.31. The molecule has 2 nitrogen and oxygen atoms in total. The summed E-state index contributed by atoms with van der Waals surface area (Å²) in [6, 6.07) is 10.3. The topological polar surface area (TPSA) is 33.4 Å². The second kappa shape index (κ2) is 4.47. The fraction of sp³-hybridized carbons (Fsp3) is 0.294. The summed E-state index contributed by atoms with van der Waals surface area (Å²) in [5.74, 6) is 0.957. The second-order valence-corrected chi connectivity index (χ2v) is 6.49. The fourth-order valence-corrected chi connectivity index (χ4v) is 4.26. The molecule has 1 atom stereocenters. The van der Waals surface area contributed by atoms with Gasteiger partial charge in [-0.05, 0) is 41.3 Å². The van der Waals surface area contributed by atoms with Gasteiger partial charge in [-0.15, -0.1) is 11.3 Å². The highest BCUT2D eigenvalue weighted by molar-refractivity contribution is 7.17. The Labute approximate surface area is 121 Å². The molecule has 1 aromatic carbocycles. The zero-order valence-electron chi connectivity index (χ0n) is 11.1. The standard InChI is InChI=1S/C17H16O2S/c18-17(8-3-5-15-14(17)7-9-19-15)10-12-11-20-16-6-2-1-4-13(12)16/h1-2,4,6-7,9,11,18H,3,5,8,10H2. The number of hydrogen-bond donors (Lipinski definition) is 1. The molecule has 1 aliphatic carbocycles. The van der Waals surface area contributed by atoms with Crippen molar-refractivity contribution in [3.8, 4) is 0 Å². The van der Waals surface area contributed by atoms with E-state index in [2.05, 4.69) is 29.6 Å². The van der Waals surface area contributed by atoms with E-state index in [0.29, 0.717) is 6.42 Å². The van der Waals surface area contributed by atoms with Gasteiger partial charge in [0.05, 0.1) is 11.9 Å². The zero-order valence-corrected chi connectivity index (χ0v) is 12.0. The Hall–Kier alpha value is -1.58. The van der Waals surface area contributed by atoms with E-state index in [4.69, 9.17) is 4.42 Å². The monoisotopic (exact) mass is 284 g/mol. The average molecular weight is 284 g/mol. The normalized spacial score (nSPS) is 22.1. The fourth-order valence-electron chi connectivity index (χ4n) is 3.29. The van der Waals surface area contributed by atoms with Crippen LogP contribution < -0.4 is 0 Å². The van der Waals surface area contributed by atoms with E-state index in [1.54, 1.807) is 17.6 Å². The first-order valence-electron chi connectivity index (χ1n) is 7.01. The molecule has 3 aromatic rings. The number of fused-ring (bicyclic) bond motifs is 2. The van der Waals surface area contributed by atoms with Gasteiger partial charge in [0.1, 0.15) is 5.76 Å². The van der Waals surface area contributed by atoms with Crippen LogP contribution in [0.1, 0.15) is 29.7 Å². The third-order valence-corrected chi connectivity index (χ3v) is 5.30. The Balaban J connectivity index is 1.76. The molecular formula is C17H16O2S. The molecule has 1 unspecified atom stereocenters. The van der Waals surface area contributed by atoms with E-state index in [1.165, 1.54) is 15.6 Å². The van der Waals surface area contributed by atoms with Crippen LogP contribution in [-0.4, -0.2) is 5.11 Å². The third kappa shape index (κ3) is 1.81. The summed E-state index contributed by atoms with van der Waals surface area (Å²) in [5.41, 5.74) is 1.45. The van der Waals surface area contributed by atoms with Crippen molar-refractivity contribution in [1.29, 1.82) is 0 Å². The number of furan rings is 1. The molecule has 4 rings (SSSR count). The number of rotatable bonds is 2. The predicted octanol–water partition coefficient (Wildman–Crippen LogP) is 4.26. The summed E-state index contributed by atoms with van der Waals surface area (Å²) in [6.45, 7) is 0. The second-order valence-electron chi connectivity index (χ2n) is 5.58. The van der Waals surface area contributed by atoms with Gasteiger partial charge in [0.25, 0.3) is 0 Å². The summed E-state index contributed by atoms with van der Waals surface area (Å²) in [5, 5.41) is 14.5. The van der Waals surface area contributed by atoms with Crippen LogP contribution in [0, 0.1) is 0 Å². The van der Waals surface area contributed by atoms with Crippen LogP contribution in [0.4, 0.5) is 0 Å². The predicted molar refractivity (Wildman–Crippen MR) is 81.1 cm³/mol. The molecule has 1 N–H and O–H groups in total. The number of aryl methyl sites for hydroxylation is 1. The van der Waals surface area contributed by atoms with Gasteiger partial charge >= 0.3 is 0 Å². The lowest BCUT2D eigenvalue weighted by molar-refractivity contribution is 0.0172. The van der Waals surface area contributed by atoms with Crippen molar-refractivity contribution in [3.63, 3.8) is 0 Å². The largest absolute Gasteiger partial charge is 0.469 e. The van der Waals surface area contributed by atoms with E-state index in [1.807, 2.05) is 6.07 Å². The Morgan fingerprint density at radius 2 is 2.15 bits per heavy atom. The van der Waals surface area contributed by atoms with Crippen LogP contribution in [0.5, 0.6) is 0 Å². The number of thiophene rings is 1. The molecule has 0 saturated carbocycles. The molecule has 102 valence electrons. The molecule has 20 heavy (non-hydrogen) atoms. The lowest BCUT2D eigenvalue weighted by atomic mass is 9.79. The molecule has 3 heteroatoms. The maximum Gasteiger partial charge on any atom is 0.109 e. The van der Waals surface area contributed by atoms with Crippen molar-refractivity contribution < 1.29 is 9.52 Å². The highest BCUT2D eigenvalue weighted by atomic mass is 32.1. The maximum atomic E-state index is 11.1. The summed E-state index contributed by atoms with van der Waals surface area (Å²) in [6.07, 6.45) is 5.11. The molecular weight excluding hydrogens is 268 g/mol. The highest BCUT2D eigenvalue weighted by Crippen LogP contribution is 2.40. The minimum absolute atomic E-state index is 0.670. The Morgan fingerprint density at radius 3 is 3.10 bits per heavy atom. The maximum absolute atomic E-state index is 11.1. The zero-order chi connectivity index (χ0) is 13.6. The Morgan fingerprint density at radius 1 is 1.25 bits per heavy atom. The summed E-state index contributed by atoms with van der Waals surface area (Å²) in [7, 11) is 0. The summed E-state index contributed by atoms with van der Waals surface area (Å²) in [4.78, 5) is 0. The lowest BCUT2D eigenvalue weighted by Crippen LogP contribution is -2.32. The van der Waals surface area contributed by atoms with Gasteiger partial charge in [0.2, 0.25) is 0 Å². The van der Waals surface area contributed by atoms with Gasteiger partial charge in [-0.1, -0.05) is 18.2 Å². The first-order valence-corrected chi connectivity index (χ1v) is 7.89. The number of benzene rings is 1. The van der Waals surface area contributed by atoms with Crippen LogP contribution in [0.2, 0.25) is 0 Å². The van der Waals surface area contributed by atoms with Gasteiger partial charge in [0, 0.05) is 23.1 Å². The van der Waals surface area contributed by atoms with Crippen LogP contribution in [0.15, 0.2) is 46.4 Å². The first kappa shape index (κ1) is 12.2. The van der Waals surface area contributed by atoms with Gasteiger partial charge in [-0.2, -0.15) is 0 Å². The molecule has 0 saturated heterocycles. The number of hydrogen-bond acceptors (Lipinski definition) is 3. The van der Waals surface area contributed by atoms with Gasteiger partial charge in [-0.3, -0.25) is 0 Å². The van der Waals surface area contributed by atoms with E-state index in [-0.39, 0.29) is 0 Å². The highest BCUT2D eigenvalue weighted by Gasteiger charge is 2.36. The molecule has 0 spiro atoms. The van der Waals surface area contributed by atoms with Gasteiger partial charge in [0.15, 0.2) is 0 Å². The third-order valence-electron chi connectivity index (χ3n) is 4.29. The molecule has 2 heterocycles. The van der Waals surface area contributed by atoms with Crippen molar-refractivity contribution in [2.75, 3.05) is 0 Å². The Kier molecular flexibility index (Phi) is 2.72. The molecule has 0 fully saturated rings. The van der Waals surface area contributed by atoms with Gasteiger partial charge < -0.3 is 9.52 Å². The van der Waals surface area contributed by atoms with E-state index in [9.17, 15) is 5.11 Å². The molecule has 2 aromatic heterocycles. The van der Waals surface area contributed by atoms with Crippen LogP contribution in [-0.2, 0) is 18.4 Å². The van der Waals surface area contributed by atoms with E-state index >= 15 is 0 Å². The molecule has 0 amide bonds. The van der Waals surface area contributed by atoms with Crippen LogP contribution in [0.3, 0.4) is 0 Å². The quantitative estimate of drug-likeness (QED) is 0.762. The Bertz CT molecular complexity index is 755. The summed E-state index contributed by atoms with van der Waals surface area (Å²) >= 11 is 1.75. The molecule has 0 aliphatic heterocycles. The van der Waals surface area contributed by atoms with Crippen molar-refractivity contribution in [2.24, 2.45) is 0 Å². The van der Waals surface area contributed by atoms with Crippen molar-refractivity contribution in [2.45, 2.75) is 31.3 Å². The smallest absolute Gasteiger partial charge is 0.109 e. The summed E-state index contributed by atoms with van der Waals surface area (Å²) < 4.78 is 6.79. The van der Waals surface area contributed by atoms with Crippen molar-refractivity contribution in [1.82, 2.24) is 0 Å². The average Bonchev–Trinajstić information content (AvgIpc) is 3.07. The minimum Gasteiger partial charge on any atom is -0.469 e. The van der Waals surface area contributed by atoms with E-state index < -0.39 is 5.60 Å². The molecule has 0 bridgehead atoms. The van der Waals surface area contributed by atoms with Crippen LogP contribution >= 0.6 is 11.3 Å². The van der Waals surface area contributed by atoms with Crippen LogP contribution in [0.25, 0.3) is 10.1 Å². The SMILES string of the molecule is OC1(Cc2csc3ccccc23)CCCc2occc21. The van der Waals surface area contributed by atoms with Gasteiger partial charge in [-0.25, -0.2) is 0 Å². The van der Waals surface area contributed by atoms with Crippen molar-refractivity contribution in [3.05, 3.63) is 58.9 Å². The van der Waals surface area contributed by atoms with Crippen molar-refractivity contribution >= 4 is 21.4 Å².